The molecule has 0 saturated heterocycles. The Balaban J connectivity index is 1.98. The second-order valence-electron chi connectivity index (χ2n) is 6.64. The van der Waals surface area contributed by atoms with Crippen LogP contribution in [0.4, 0.5) is 0 Å². The Bertz CT molecular complexity index is 937. The third kappa shape index (κ3) is 2.44. The Morgan fingerprint density at radius 3 is 2.80 bits per heavy atom. The Hall–Kier alpha value is -2.33. The second kappa shape index (κ2) is 6.19. The van der Waals surface area contributed by atoms with Crippen molar-refractivity contribution in [2.24, 2.45) is 5.73 Å². The van der Waals surface area contributed by atoms with Crippen LogP contribution in [0.3, 0.4) is 0 Å². The number of primary amides is 1. The number of carbonyl (C=O) groups excluding carboxylic acids is 1. The van der Waals surface area contributed by atoms with Gasteiger partial charge in [-0.15, -0.1) is 0 Å². The van der Waals surface area contributed by atoms with Gasteiger partial charge in [-0.3, -0.25) is 4.79 Å². The molecule has 3 nitrogen and oxygen atoms in total. The molecule has 0 saturated carbocycles. The van der Waals surface area contributed by atoms with Crippen LogP contribution in [0.5, 0.6) is 0 Å². The minimum Gasteiger partial charge on any atom is -0.366 e. The van der Waals surface area contributed by atoms with Crippen molar-refractivity contribution in [1.82, 2.24) is 4.57 Å². The monoisotopic (exact) mass is 350 g/mol. The SMILES string of the molecule is CCc1c(-c2ccsc2)c(C(N)=O)c(C)n1C1CCc2ccccc21. The van der Waals surface area contributed by atoms with Gasteiger partial charge >= 0.3 is 0 Å². The van der Waals surface area contributed by atoms with Gasteiger partial charge in [-0.05, 0) is 59.7 Å². The van der Waals surface area contributed by atoms with Crippen LogP contribution in [-0.2, 0) is 12.8 Å². The van der Waals surface area contributed by atoms with Crippen molar-refractivity contribution in [3.05, 3.63) is 69.2 Å². The first kappa shape index (κ1) is 16.2. The molecule has 2 heterocycles. The maximum atomic E-state index is 12.3. The lowest BCUT2D eigenvalue weighted by molar-refractivity contribution is 0.1000. The number of aryl methyl sites for hydroxylation is 1. The second-order valence-corrected chi connectivity index (χ2v) is 7.42. The van der Waals surface area contributed by atoms with Crippen molar-refractivity contribution in [1.29, 1.82) is 0 Å². The Labute approximate surface area is 152 Å². The van der Waals surface area contributed by atoms with Crippen LogP contribution in [0.1, 0.15) is 52.3 Å². The fraction of sp³-hybridized carbons (Fsp3) is 0.286. The molecule has 1 aliphatic carbocycles. The molecule has 128 valence electrons. The molecule has 4 heteroatoms. The third-order valence-corrected chi connectivity index (χ3v) is 6.04. The van der Waals surface area contributed by atoms with Gasteiger partial charge in [-0.2, -0.15) is 11.3 Å². The van der Waals surface area contributed by atoms with E-state index in [1.54, 1.807) is 11.3 Å². The normalized spacial score (nSPS) is 16.2. The zero-order valence-corrected chi connectivity index (χ0v) is 15.4. The van der Waals surface area contributed by atoms with E-state index >= 15 is 0 Å². The molecule has 0 fully saturated rings. The van der Waals surface area contributed by atoms with Crippen LogP contribution in [0.25, 0.3) is 11.1 Å². The molecule has 0 bridgehead atoms. The van der Waals surface area contributed by atoms with E-state index in [1.165, 1.54) is 16.8 Å². The lowest BCUT2D eigenvalue weighted by atomic mass is 10.0. The number of fused-ring (bicyclic) bond motifs is 1. The summed E-state index contributed by atoms with van der Waals surface area (Å²) < 4.78 is 2.37. The summed E-state index contributed by atoms with van der Waals surface area (Å²) in [6.45, 7) is 4.20. The summed E-state index contributed by atoms with van der Waals surface area (Å²) in [6, 6.07) is 11.0. The highest BCUT2D eigenvalue weighted by Gasteiger charge is 2.31. The summed E-state index contributed by atoms with van der Waals surface area (Å²) in [5.74, 6) is -0.335. The molecular formula is C21H22N2OS. The van der Waals surface area contributed by atoms with Crippen molar-refractivity contribution in [2.75, 3.05) is 0 Å². The van der Waals surface area contributed by atoms with Crippen LogP contribution < -0.4 is 5.73 Å². The van der Waals surface area contributed by atoms with E-state index in [1.807, 2.05) is 6.92 Å². The van der Waals surface area contributed by atoms with E-state index in [0.29, 0.717) is 5.56 Å². The molecule has 0 spiro atoms. The van der Waals surface area contributed by atoms with Crippen molar-refractivity contribution < 1.29 is 4.79 Å². The van der Waals surface area contributed by atoms with Crippen molar-refractivity contribution in [2.45, 2.75) is 39.2 Å². The van der Waals surface area contributed by atoms with Crippen LogP contribution in [0, 0.1) is 6.92 Å². The highest BCUT2D eigenvalue weighted by molar-refractivity contribution is 7.08. The maximum Gasteiger partial charge on any atom is 0.251 e. The number of nitrogens with zero attached hydrogens (tertiary/aromatic N) is 1. The predicted molar refractivity (Wildman–Crippen MR) is 103 cm³/mol. The topological polar surface area (TPSA) is 48.0 Å². The molecule has 0 radical (unpaired) electrons. The van der Waals surface area contributed by atoms with E-state index in [9.17, 15) is 4.79 Å². The first-order chi connectivity index (χ1) is 12.1. The Morgan fingerprint density at radius 2 is 2.12 bits per heavy atom. The molecule has 4 rings (SSSR count). The fourth-order valence-electron chi connectivity index (χ4n) is 4.36. The van der Waals surface area contributed by atoms with Gasteiger partial charge in [0.05, 0.1) is 11.6 Å². The average molecular weight is 350 g/mol. The van der Waals surface area contributed by atoms with Gasteiger partial charge in [0.15, 0.2) is 0 Å². The van der Waals surface area contributed by atoms with Gasteiger partial charge in [-0.1, -0.05) is 31.2 Å². The summed E-state index contributed by atoms with van der Waals surface area (Å²) >= 11 is 1.65. The quantitative estimate of drug-likeness (QED) is 0.727. The number of hydrogen-bond acceptors (Lipinski definition) is 2. The average Bonchev–Trinajstić information content (AvgIpc) is 3.31. The highest BCUT2D eigenvalue weighted by Crippen LogP contribution is 2.42. The Morgan fingerprint density at radius 1 is 1.32 bits per heavy atom. The first-order valence-corrected chi connectivity index (χ1v) is 9.71. The summed E-state index contributed by atoms with van der Waals surface area (Å²) in [6.07, 6.45) is 3.03. The summed E-state index contributed by atoms with van der Waals surface area (Å²) in [5, 5.41) is 4.16. The summed E-state index contributed by atoms with van der Waals surface area (Å²) in [7, 11) is 0. The molecular weight excluding hydrogens is 328 g/mol. The van der Waals surface area contributed by atoms with Crippen LogP contribution in [0.2, 0.25) is 0 Å². The minimum atomic E-state index is -0.335. The van der Waals surface area contributed by atoms with E-state index in [2.05, 4.69) is 52.6 Å². The Kier molecular flexibility index (Phi) is 4.00. The largest absolute Gasteiger partial charge is 0.366 e. The molecule has 1 amide bonds. The summed E-state index contributed by atoms with van der Waals surface area (Å²) in [4.78, 5) is 12.3. The lowest BCUT2D eigenvalue weighted by Crippen LogP contribution is -2.15. The van der Waals surface area contributed by atoms with Crippen LogP contribution in [-0.4, -0.2) is 10.5 Å². The standard InChI is InChI=1S/C21H22N2OS/c1-3-17-20(15-10-11-25-12-15)19(21(22)24)13(2)23(17)18-9-8-14-6-4-5-7-16(14)18/h4-7,10-12,18H,3,8-9H2,1-2H3,(H2,22,24). The number of aromatic nitrogens is 1. The van der Waals surface area contributed by atoms with Crippen molar-refractivity contribution in [3.8, 4) is 11.1 Å². The highest BCUT2D eigenvalue weighted by atomic mass is 32.1. The first-order valence-electron chi connectivity index (χ1n) is 8.77. The van der Waals surface area contributed by atoms with Gasteiger partial charge in [0.1, 0.15) is 0 Å². The fourth-order valence-corrected chi connectivity index (χ4v) is 5.01. The van der Waals surface area contributed by atoms with Gasteiger partial charge in [0, 0.05) is 17.0 Å². The van der Waals surface area contributed by atoms with Crippen LogP contribution in [0.15, 0.2) is 41.1 Å². The molecule has 2 aromatic heterocycles. The van der Waals surface area contributed by atoms with E-state index in [-0.39, 0.29) is 11.9 Å². The zero-order valence-electron chi connectivity index (χ0n) is 14.6. The number of thiophene rings is 1. The third-order valence-electron chi connectivity index (χ3n) is 5.36. The molecule has 3 aromatic rings. The molecule has 1 aromatic carbocycles. The van der Waals surface area contributed by atoms with Gasteiger partial charge in [0.2, 0.25) is 0 Å². The molecule has 2 N–H and O–H groups in total. The molecule has 0 aliphatic heterocycles. The van der Waals surface area contributed by atoms with Gasteiger partial charge in [-0.25, -0.2) is 0 Å². The molecule has 25 heavy (non-hydrogen) atoms. The van der Waals surface area contributed by atoms with E-state index < -0.39 is 0 Å². The number of rotatable bonds is 4. The number of carbonyl (C=O) groups is 1. The molecule has 1 atom stereocenters. The minimum absolute atomic E-state index is 0.289. The van der Waals surface area contributed by atoms with E-state index in [0.717, 1.165) is 36.1 Å². The van der Waals surface area contributed by atoms with Crippen molar-refractivity contribution >= 4 is 17.2 Å². The van der Waals surface area contributed by atoms with E-state index in [4.69, 9.17) is 5.73 Å². The number of nitrogens with two attached hydrogens (primary N) is 1. The van der Waals surface area contributed by atoms with Crippen LogP contribution >= 0.6 is 11.3 Å². The van der Waals surface area contributed by atoms with Gasteiger partial charge < -0.3 is 10.3 Å². The lowest BCUT2D eigenvalue weighted by Gasteiger charge is -2.20. The maximum absolute atomic E-state index is 12.3. The van der Waals surface area contributed by atoms with Crippen molar-refractivity contribution in [3.63, 3.8) is 0 Å². The zero-order chi connectivity index (χ0) is 17.6. The molecule has 1 unspecified atom stereocenters. The number of benzene rings is 1. The number of hydrogen-bond donors (Lipinski definition) is 1. The smallest absolute Gasteiger partial charge is 0.251 e. The summed E-state index contributed by atoms with van der Waals surface area (Å²) in [5.41, 5.74) is 13.6. The molecule has 1 aliphatic rings. The number of amides is 1. The predicted octanol–water partition coefficient (Wildman–Crippen LogP) is 4.72. The van der Waals surface area contributed by atoms with Gasteiger partial charge in [0.25, 0.3) is 5.91 Å².